The molecule has 1 aliphatic heterocycles. The van der Waals surface area contributed by atoms with Crippen LogP contribution < -0.4 is 5.32 Å². The number of carbonyl (C=O) groups excluding carboxylic acids is 1. The lowest BCUT2D eigenvalue weighted by Gasteiger charge is -2.35. The fourth-order valence-electron chi connectivity index (χ4n) is 2.86. The summed E-state index contributed by atoms with van der Waals surface area (Å²) in [5.41, 5.74) is 2.29. The third-order valence-corrected chi connectivity index (χ3v) is 6.07. The molecule has 2 heterocycles. The number of ether oxygens (including phenoxy) is 1. The van der Waals surface area contributed by atoms with Crippen molar-refractivity contribution >= 4 is 39.8 Å². The number of aryl methyl sites for hydroxylation is 1. The number of benzene rings is 1. The van der Waals surface area contributed by atoms with E-state index in [9.17, 15) is 4.79 Å². The van der Waals surface area contributed by atoms with Crippen molar-refractivity contribution in [3.8, 4) is 0 Å². The van der Waals surface area contributed by atoms with Gasteiger partial charge in [-0.2, -0.15) is 0 Å². The Kier molecular flexibility index (Phi) is 6.50. The molecule has 8 heteroatoms. The molecule has 3 rings (SSSR count). The van der Waals surface area contributed by atoms with Crippen molar-refractivity contribution in [3.63, 3.8) is 0 Å². The van der Waals surface area contributed by atoms with Gasteiger partial charge in [0.1, 0.15) is 0 Å². The normalized spacial score (nSPS) is 20.2. The maximum absolute atomic E-state index is 12.4. The molecular weight excluding hydrogens is 368 g/mol. The van der Waals surface area contributed by atoms with Crippen molar-refractivity contribution in [3.05, 3.63) is 29.8 Å². The molecule has 140 valence electrons. The van der Waals surface area contributed by atoms with Crippen molar-refractivity contribution in [2.45, 2.75) is 43.7 Å². The van der Waals surface area contributed by atoms with E-state index in [1.807, 2.05) is 30.9 Å². The zero-order valence-corrected chi connectivity index (χ0v) is 16.9. The van der Waals surface area contributed by atoms with Crippen LogP contribution in [0.2, 0.25) is 0 Å². The number of nitrogens with zero attached hydrogens (tertiary/aromatic N) is 3. The molecule has 2 aromatic rings. The summed E-state index contributed by atoms with van der Waals surface area (Å²) in [5, 5.41) is 12.3. The highest BCUT2D eigenvalue weighted by Gasteiger charge is 2.25. The van der Waals surface area contributed by atoms with E-state index in [4.69, 9.17) is 4.74 Å². The second kappa shape index (κ2) is 8.83. The van der Waals surface area contributed by atoms with Gasteiger partial charge in [0, 0.05) is 18.8 Å². The van der Waals surface area contributed by atoms with Gasteiger partial charge in [-0.15, -0.1) is 10.2 Å². The number of amides is 1. The standard InChI is InChI=1S/C18H24N4O2S2/c1-4-14-5-7-15(8-6-14)19-17-20-21-18(26-17)25-11-16(23)22-9-12(2)24-13(3)10-22/h5-8,12-13H,4,9-11H2,1-3H3,(H,19,20)/t12-,13+. The summed E-state index contributed by atoms with van der Waals surface area (Å²) < 4.78 is 6.47. The van der Waals surface area contributed by atoms with Gasteiger partial charge >= 0.3 is 0 Å². The number of nitrogens with one attached hydrogen (secondary N) is 1. The second-order valence-corrected chi connectivity index (χ2v) is 8.59. The quantitative estimate of drug-likeness (QED) is 0.758. The fraction of sp³-hybridized carbons (Fsp3) is 0.500. The second-order valence-electron chi connectivity index (χ2n) is 6.39. The lowest BCUT2D eigenvalue weighted by atomic mass is 10.1. The molecule has 1 aromatic carbocycles. The van der Waals surface area contributed by atoms with Crippen LogP contribution in [0, 0.1) is 0 Å². The molecule has 0 radical (unpaired) electrons. The lowest BCUT2D eigenvalue weighted by Crippen LogP contribution is -2.48. The molecule has 2 atom stereocenters. The van der Waals surface area contributed by atoms with Crippen LogP contribution in [0.4, 0.5) is 10.8 Å². The molecular formula is C18H24N4O2S2. The molecule has 0 bridgehead atoms. The number of aromatic nitrogens is 2. The Bertz CT molecular complexity index is 725. The van der Waals surface area contributed by atoms with Gasteiger partial charge in [0.25, 0.3) is 0 Å². The summed E-state index contributed by atoms with van der Waals surface area (Å²) >= 11 is 2.90. The summed E-state index contributed by atoms with van der Waals surface area (Å²) in [7, 11) is 0. The highest BCUT2D eigenvalue weighted by atomic mass is 32.2. The number of hydrogen-bond donors (Lipinski definition) is 1. The number of rotatable bonds is 6. The van der Waals surface area contributed by atoms with E-state index in [0.29, 0.717) is 18.8 Å². The van der Waals surface area contributed by atoms with E-state index in [2.05, 4.69) is 34.6 Å². The topological polar surface area (TPSA) is 67.4 Å². The zero-order chi connectivity index (χ0) is 18.5. The highest BCUT2D eigenvalue weighted by Crippen LogP contribution is 2.28. The Hall–Kier alpha value is -1.64. The molecule has 0 aliphatic carbocycles. The van der Waals surface area contributed by atoms with E-state index in [1.165, 1.54) is 28.7 Å². The number of morpholine rings is 1. The van der Waals surface area contributed by atoms with E-state index < -0.39 is 0 Å². The first-order chi connectivity index (χ1) is 12.5. The SMILES string of the molecule is CCc1ccc(Nc2nnc(SCC(=O)N3C[C@@H](C)O[C@@H](C)C3)s2)cc1. The third kappa shape index (κ3) is 5.18. The molecule has 1 aromatic heterocycles. The predicted octanol–water partition coefficient (Wildman–Crippen LogP) is 3.57. The smallest absolute Gasteiger partial charge is 0.233 e. The van der Waals surface area contributed by atoms with Gasteiger partial charge in [0.05, 0.1) is 18.0 Å². The van der Waals surface area contributed by atoms with Gasteiger partial charge in [-0.1, -0.05) is 42.2 Å². The molecule has 6 nitrogen and oxygen atoms in total. The summed E-state index contributed by atoms with van der Waals surface area (Å²) in [6.07, 6.45) is 1.20. The largest absolute Gasteiger partial charge is 0.372 e. The van der Waals surface area contributed by atoms with Crippen LogP contribution in [-0.2, 0) is 16.0 Å². The van der Waals surface area contributed by atoms with Crippen molar-refractivity contribution in [2.24, 2.45) is 0 Å². The van der Waals surface area contributed by atoms with Gasteiger partial charge in [-0.05, 0) is 38.0 Å². The van der Waals surface area contributed by atoms with Crippen LogP contribution in [0.3, 0.4) is 0 Å². The molecule has 1 saturated heterocycles. The lowest BCUT2D eigenvalue weighted by molar-refractivity contribution is -0.140. The first kappa shape index (κ1) is 19.1. The minimum atomic E-state index is 0.0872. The number of thioether (sulfide) groups is 1. The number of anilines is 2. The molecule has 1 N–H and O–H groups in total. The Morgan fingerprint density at radius 2 is 1.96 bits per heavy atom. The van der Waals surface area contributed by atoms with Crippen molar-refractivity contribution < 1.29 is 9.53 Å². The summed E-state index contributed by atoms with van der Waals surface area (Å²) in [6.45, 7) is 7.44. The maximum Gasteiger partial charge on any atom is 0.233 e. The van der Waals surface area contributed by atoms with Gasteiger partial charge in [0.15, 0.2) is 4.34 Å². The zero-order valence-electron chi connectivity index (χ0n) is 15.3. The molecule has 26 heavy (non-hydrogen) atoms. The average molecular weight is 393 g/mol. The van der Waals surface area contributed by atoms with Crippen molar-refractivity contribution in [2.75, 3.05) is 24.2 Å². The predicted molar refractivity (Wildman–Crippen MR) is 106 cm³/mol. The van der Waals surface area contributed by atoms with E-state index >= 15 is 0 Å². The summed E-state index contributed by atoms with van der Waals surface area (Å²) in [5.74, 6) is 0.496. The Morgan fingerprint density at radius 3 is 2.62 bits per heavy atom. The first-order valence-electron chi connectivity index (χ1n) is 8.79. The van der Waals surface area contributed by atoms with Crippen molar-refractivity contribution in [1.29, 1.82) is 0 Å². The van der Waals surface area contributed by atoms with Crippen LogP contribution in [0.5, 0.6) is 0 Å². The number of carbonyl (C=O) groups is 1. The van der Waals surface area contributed by atoms with Crippen LogP contribution >= 0.6 is 23.1 Å². The van der Waals surface area contributed by atoms with Crippen LogP contribution in [0.15, 0.2) is 28.6 Å². The summed E-state index contributed by atoms with van der Waals surface area (Å²) in [6, 6.07) is 8.28. The Morgan fingerprint density at radius 1 is 1.27 bits per heavy atom. The summed E-state index contributed by atoms with van der Waals surface area (Å²) in [4.78, 5) is 14.3. The van der Waals surface area contributed by atoms with Gasteiger partial charge in [0.2, 0.25) is 11.0 Å². The third-order valence-electron chi connectivity index (χ3n) is 4.11. The van der Waals surface area contributed by atoms with E-state index in [0.717, 1.165) is 21.6 Å². The fourth-order valence-corrected chi connectivity index (χ4v) is 4.54. The van der Waals surface area contributed by atoms with Crippen LogP contribution in [0.1, 0.15) is 26.3 Å². The van der Waals surface area contributed by atoms with E-state index in [-0.39, 0.29) is 18.1 Å². The molecule has 1 fully saturated rings. The minimum Gasteiger partial charge on any atom is -0.372 e. The van der Waals surface area contributed by atoms with Gasteiger partial charge in [-0.25, -0.2) is 0 Å². The Balaban J connectivity index is 1.50. The molecule has 0 spiro atoms. The maximum atomic E-state index is 12.4. The van der Waals surface area contributed by atoms with Gasteiger partial charge in [-0.3, -0.25) is 4.79 Å². The molecule has 1 aliphatic rings. The molecule has 0 saturated carbocycles. The average Bonchev–Trinajstić information content (AvgIpc) is 3.07. The van der Waals surface area contributed by atoms with E-state index in [1.54, 1.807) is 0 Å². The first-order valence-corrected chi connectivity index (χ1v) is 10.6. The highest BCUT2D eigenvalue weighted by molar-refractivity contribution is 8.01. The Labute approximate surface area is 162 Å². The monoisotopic (exact) mass is 392 g/mol. The van der Waals surface area contributed by atoms with Crippen molar-refractivity contribution in [1.82, 2.24) is 15.1 Å². The molecule has 0 unspecified atom stereocenters. The molecule has 1 amide bonds. The number of hydrogen-bond acceptors (Lipinski definition) is 7. The minimum absolute atomic E-state index is 0.0872. The van der Waals surface area contributed by atoms with Gasteiger partial charge < -0.3 is 15.0 Å². The van der Waals surface area contributed by atoms with Crippen LogP contribution in [-0.4, -0.2) is 52.1 Å². The van der Waals surface area contributed by atoms with Crippen LogP contribution in [0.25, 0.3) is 0 Å².